The molecule has 0 saturated heterocycles. The predicted molar refractivity (Wildman–Crippen MR) is 145 cm³/mol. The maximum atomic E-state index is 13.5. The van der Waals surface area contributed by atoms with E-state index in [0.717, 1.165) is 33.1 Å². The largest absolute Gasteiger partial charge is 0.497 e. The fourth-order valence-electron chi connectivity index (χ4n) is 3.93. The molecule has 0 aliphatic carbocycles. The lowest BCUT2D eigenvalue weighted by Crippen LogP contribution is -2.23. The number of carbonyl (C=O) groups is 1. The van der Waals surface area contributed by atoms with Crippen molar-refractivity contribution in [2.45, 2.75) is 33.5 Å². The van der Waals surface area contributed by atoms with Crippen molar-refractivity contribution in [3.8, 4) is 11.5 Å². The Morgan fingerprint density at radius 2 is 1.73 bits per heavy atom. The van der Waals surface area contributed by atoms with Crippen molar-refractivity contribution in [2.24, 2.45) is 0 Å². The first kappa shape index (κ1) is 26.3. The number of thiazole rings is 1. The second-order valence-electron chi connectivity index (χ2n) is 8.83. The molecule has 1 N–H and O–H groups in total. The van der Waals surface area contributed by atoms with E-state index in [0.29, 0.717) is 31.1 Å². The van der Waals surface area contributed by atoms with Crippen LogP contribution in [0.2, 0.25) is 0 Å². The van der Waals surface area contributed by atoms with Crippen LogP contribution in [0.4, 0.5) is 10.1 Å². The molecule has 0 unspecified atom stereocenters. The molecular weight excluding hydrogens is 489 g/mol. The van der Waals surface area contributed by atoms with Crippen LogP contribution in [-0.2, 0) is 19.6 Å². The van der Waals surface area contributed by atoms with E-state index in [9.17, 15) is 9.18 Å². The van der Waals surface area contributed by atoms with Crippen molar-refractivity contribution >= 4 is 22.9 Å². The molecule has 0 aliphatic rings. The highest BCUT2D eigenvalue weighted by atomic mass is 32.1. The number of aryl methyl sites for hydroxylation is 2. The first-order valence-corrected chi connectivity index (χ1v) is 12.7. The first-order chi connectivity index (χ1) is 17.8. The summed E-state index contributed by atoms with van der Waals surface area (Å²) in [6.45, 7) is 5.69. The number of hydrogen-bond donors (Lipinski definition) is 1. The molecule has 0 spiro atoms. The zero-order valence-corrected chi connectivity index (χ0v) is 22.2. The number of amides is 1. The van der Waals surface area contributed by atoms with Crippen LogP contribution in [0, 0.1) is 19.7 Å². The molecule has 0 radical (unpaired) electrons. The van der Waals surface area contributed by atoms with Gasteiger partial charge in [0.1, 0.15) is 28.0 Å². The van der Waals surface area contributed by atoms with E-state index >= 15 is 0 Å². The number of hydrogen-bond acceptors (Lipinski definition) is 6. The average molecular weight is 520 g/mol. The molecule has 0 fully saturated rings. The van der Waals surface area contributed by atoms with Gasteiger partial charge in [0.15, 0.2) is 0 Å². The van der Waals surface area contributed by atoms with Crippen LogP contribution < -0.4 is 14.8 Å². The summed E-state index contributed by atoms with van der Waals surface area (Å²) in [6.07, 6.45) is 0. The third-order valence-electron chi connectivity index (χ3n) is 6.12. The van der Waals surface area contributed by atoms with Gasteiger partial charge < -0.3 is 14.8 Å². The zero-order chi connectivity index (χ0) is 26.4. The number of carbonyl (C=O) groups excluding carboxylic acids is 1. The molecule has 0 aliphatic heterocycles. The number of anilines is 1. The SMILES string of the molecule is COc1ccc(CN(Cc2ccc(F)cc2)Cc2nc(C(=O)Nc3ccc(C)c(C)c3)cs2)c(OC)c1. The van der Waals surface area contributed by atoms with Gasteiger partial charge in [-0.1, -0.05) is 24.3 Å². The summed E-state index contributed by atoms with van der Waals surface area (Å²) in [5, 5.41) is 5.51. The predicted octanol–water partition coefficient (Wildman–Crippen LogP) is 6.37. The molecule has 8 heteroatoms. The Kier molecular flexibility index (Phi) is 8.53. The van der Waals surface area contributed by atoms with Crippen molar-refractivity contribution in [2.75, 3.05) is 19.5 Å². The summed E-state index contributed by atoms with van der Waals surface area (Å²) in [7, 11) is 3.25. The third kappa shape index (κ3) is 6.93. The van der Waals surface area contributed by atoms with Crippen LogP contribution in [0.5, 0.6) is 11.5 Å². The number of aromatic nitrogens is 1. The van der Waals surface area contributed by atoms with Crippen LogP contribution in [0.15, 0.2) is 66.0 Å². The molecule has 192 valence electrons. The summed E-state index contributed by atoms with van der Waals surface area (Å²) < 4.78 is 24.4. The number of ether oxygens (including phenoxy) is 2. The standard InChI is InChI=1S/C29H30FN3O3S/c1-19-5-11-24(13-20(19)2)31-29(34)26-18-37-28(32-26)17-33(15-21-6-9-23(30)10-7-21)16-22-8-12-25(35-3)14-27(22)36-4/h5-14,18H,15-17H2,1-4H3,(H,31,34). The van der Waals surface area contributed by atoms with Crippen LogP contribution in [0.1, 0.15) is 37.7 Å². The van der Waals surface area contributed by atoms with Crippen LogP contribution in [-0.4, -0.2) is 30.0 Å². The van der Waals surface area contributed by atoms with Gasteiger partial charge in [-0.25, -0.2) is 9.37 Å². The third-order valence-corrected chi connectivity index (χ3v) is 6.95. The van der Waals surface area contributed by atoms with E-state index in [-0.39, 0.29) is 11.7 Å². The Bertz CT molecular complexity index is 1370. The number of halogens is 1. The topological polar surface area (TPSA) is 63.7 Å². The minimum absolute atomic E-state index is 0.243. The molecule has 0 atom stereocenters. The van der Waals surface area contributed by atoms with Gasteiger partial charge in [0, 0.05) is 35.8 Å². The Morgan fingerprint density at radius 3 is 2.43 bits per heavy atom. The smallest absolute Gasteiger partial charge is 0.275 e. The lowest BCUT2D eigenvalue weighted by molar-refractivity contribution is 0.102. The van der Waals surface area contributed by atoms with E-state index in [4.69, 9.17) is 9.47 Å². The average Bonchev–Trinajstić information content (AvgIpc) is 3.36. The number of nitrogens with zero attached hydrogens (tertiary/aromatic N) is 2. The van der Waals surface area contributed by atoms with Gasteiger partial charge in [0.05, 0.1) is 20.8 Å². The van der Waals surface area contributed by atoms with Gasteiger partial charge in [-0.05, 0) is 60.9 Å². The minimum atomic E-state index is -0.272. The number of methoxy groups -OCH3 is 2. The lowest BCUT2D eigenvalue weighted by atomic mass is 10.1. The first-order valence-electron chi connectivity index (χ1n) is 11.9. The monoisotopic (exact) mass is 519 g/mol. The second kappa shape index (κ2) is 12.0. The fourth-order valence-corrected chi connectivity index (χ4v) is 4.75. The molecule has 1 amide bonds. The summed E-state index contributed by atoms with van der Waals surface area (Å²) in [6, 6.07) is 18.0. The van der Waals surface area contributed by atoms with Gasteiger partial charge in [-0.15, -0.1) is 11.3 Å². The van der Waals surface area contributed by atoms with Crippen molar-refractivity contribution in [1.82, 2.24) is 9.88 Å². The highest BCUT2D eigenvalue weighted by Gasteiger charge is 2.17. The highest BCUT2D eigenvalue weighted by Crippen LogP contribution is 2.27. The minimum Gasteiger partial charge on any atom is -0.497 e. The van der Waals surface area contributed by atoms with Crippen molar-refractivity contribution in [1.29, 1.82) is 0 Å². The molecule has 1 heterocycles. The van der Waals surface area contributed by atoms with E-state index in [1.165, 1.54) is 29.0 Å². The normalized spacial score (nSPS) is 11.0. The Balaban J connectivity index is 1.52. The lowest BCUT2D eigenvalue weighted by Gasteiger charge is -2.23. The number of benzene rings is 3. The fraction of sp³-hybridized carbons (Fsp3) is 0.241. The van der Waals surface area contributed by atoms with Gasteiger partial charge in [-0.2, -0.15) is 0 Å². The molecule has 4 rings (SSSR count). The van der Waals surface area contributed by atoms with E-state index in [1.807, 2.05) is 50.2 Å². The second-order valence-corrected chi connectivity index (χ2v) is 9.77. The zero-order valence-electron chi connectivity index (χ0n) is 21.4. The maximum absolute atomic E-state index is 13.5. The summed E-state index contributed by atoms with van der Waals surface area (Å²) in [5.41, 5.74) is 5.35. The van der Waals surface area contributed by atoms with Gasteiger partial charge in [0.25, 0.3) is 5.91 Å². The van der Waals surface area contributed by atoms with Crippen molar-refractivity contribution in [3.05, 3.63) is 105 Å². The van der Waals surface area contributed by atoms with Crippen LogP contribution >= 0.6 is 11.3 Å². The molecule has 0 saturated carbocycles. The van der Waals surface area contributed by atoms with Crippen molar-refractivity contribution < 1.29 is 18.7 Å². The highest BCUT2D eigenvalue weighted by molar-refractivity contribution is 7.09. The molecule has 4 aromatic rings. The summed E-state index contributed by atoms with van der Waals surface area (Å²) in [4.78, 5) is 19.6. The molecule has 3 aromatic carbocycles. The molecule has 37 heavy (non-hydrogen) atoms. The van der Waals surface area contributed by atoms with Crippen molar-refractivity contribution in [3.63, 3.8) is 0 Å². The van der Waals surface area contributed by atoms with Gasteiger partial charge in [-0.3, -0.25) is 9.69 Å². The van der Waals surface area contributed by atoms with Gasteiger partial charge in [0.2, 0.25) is 0 Å². The quantitative estimate of drug-likeness (QED) is 0.264. The summed E-state index contributed by atoms with van der Waals surface area (Å²) >= 11 is 1.44. The Labute approximate surface area is 220 Å². The Morgan fingerprint density at radius 1 is 0.946 bits per heavy atom. The Hall–Kier alpha value is -3.75. The molecular formula is C29H30FN3O3S. The van der Waals surface area contributed by atoms with Crippen LogP contribution in [0.3, 0.4) is 0 Å². The number of nitrogens with one attached hydrogen (secondary N) is 1. The summed E-state index contributed by atoms with van der Waals surface area (Å²) in [5.74, 6) is 0.917. The van der Waals surface area contributed by atoms with E-state index in [2.05, 4.69) is 15.2 Å². The number of rotatable bonds is 10. The van der Waals surface area contributed by atoms with E-state index < -0.39 is 0 Å². The molecule has 1 aromatic heterocycles. The van der Waals surface area contributed by atoms with E-state index in [1.54, 1.807) is 31.7 Å². The van der Waals surface area contributed by atoms with Crippen LogP contribution in [0.25, 0.3) is 0 Å². The van der Waals surface area contributed by atoms with Gasteiger partial charge >= 0.3 is 0 Å². The molecule has 0 bridgehead atoms. The molecule has 6 nitrogen and oxygen atoms in total. The maximum Gasteiger partial charge on any atom is 0.275 e.